The van der Waals surface area contributed by atoms with Crippen LogP contribution in [0, 0.1) is 6.92 Å². The second kappa shape index (κ2) is 8.47. The Labute approximate surface area is 186 Å². The molecule has 0 fully saturated rings. The molecule has 0 amide bonds. The highest BCUT2D eigenvalue weighted by atomic mass is 16.5. The lowest BCUT2D eigenvalue weighted by molar-refractivity contribution is 0.415. The molecule has 0 atom stereocenters. The van der Waals surface area contributed by atoms with Gasteiger partial charge in [0, 0.05) is 29.0 Å². The molecule has 0 radical (unpaired) electrons. The summed E-state index contributed by atoms with van der Waals surface area (Å²) >= 11 is 0. The van der Waals surface area contributed by atoms with Crippen LogP contribution < -0.4 is 10.1 Å². The second-order valence-corrected chi connectivity index (χ2v) is 7.60. The Hall–Kier alpha value is -4.25. The summed E-state index contributed by atoms with van der Waals surface area (Å²) in [6, 6.07) is 26.4. The molecular weight excluding hydrogens is 396 g/mol. The summed E-state index contributed by atoms with van der Waals surface area (Å²) in [6.07, 6.45) is 3.53. The van der Waals surface area contributed by atoms with Gasteiger partial charge in [-0.1, -0.05) is 30.3 Å². The minimum atomic E-state index is 0.634. The van der Waals surface area contributed by atoms with Crippen molar-refractivity contribution in [3.63, 3.8) is 0 Å². The fourth-order valence-corrected chi connectivity index (χ4v) is 3.69. The predicted molar refractivity (Wildman–Crippen MR) is 129 cm³/mol. The van der Waals surface area contributed by atoms with Crippen molar-refractivity contribution in [2.24, 2.45) is 0 Å². The highest BCUT2D eigenvalue weighted by Gasteiger charge is 2.12. The third kappa shape index (κ3) is 4.01. The molecule has 5 rings (SSSR count). The van der Waals surface area contributed by atoms with E-state index in [0.29, 0.717) is 5.82 Å². The van der Waals surface area contributed by atoms with Gasteiger partial charge in [0.2, 0.25) is 0 Å². The average molecular weight is 419 g/mol. The van der Waals surface area contributed by atoms with Crippen LogP contribution in [0.4, 0.5) is 11.5 Å². The van der Waals surface area contributed by atoms with Crippen LogP contribution in [0.5, 0.6) is 5.75 Å². The minimum Gasteiger partial charge on any atom is -0.497 e. The number of hydrogen-bond acceptors (Lipinski definition) is 5. The first-order valence-corrected chi connectivity index (χ1v) is 10.4. The lowest BCUT2D eigenvalue weighted by Crippen LogP contribution is -2.00. The summed E-state index contributed by atoms with van der Waals surface area (Å²) < 4.78 is 5.40. The zero-order valence-electron chi connectivity index (χ0n) is 17.9. The van der Waals surface area contributed by atoms with Crippen LogP contribution in [0.2, 0.25) is 0 Å². The topological polar surface area (TPSA) is 59.9 Å². The van der Waals surface area contributed by atoms with Crippen LogP contribution in [0.25, 0.3) is 33.4 Å². The Kier molecular flexibility index (Phi) is 5.22. The number of rotatable bonds is 5. The Morgan fingerprint density at radius 3 is 2.44 bits per heavy atom. The molecule has 0 aliphatic carbocycles. The normalized spacial score (nSPS) is 10.8. The van der Waals surface area contributed by atoms with E-state index >= 15 is 0 Å². The lowest BCUT2D eigenvalue weighted by Gasteiger charge is -2.13. The van der Waals surface area contributed by atoms with Gasteiger partial charge in [-0.15, -0.1) is 0 Å². The number of aromatic nitrogens is 3. The van der Waals surface area contributed by atoms with Gasteiger partial charge in [0.15, 0.2) is 5.82 Å². The Balaban J connectivity index is 1.68. The maximum absolute atomic E-state index is 5.40. The number of nitrogens with one attached hydrogen (secondary N) is 1. The SMILES string of the molecule is COc1cccc(-c2ccc3nc(-c4cccnc4)nc(Nc4cccc(C)c4)c3c2)c1. The highest BCUT2D eigenvalue weighted by molar-refractivity contribution is 5.95. The molecule has 156 valence electrons. The molecule has 0 spiro atoms. The van der Waals surface area contributed by atoms with Gasteiger partial charge in [0.25, 0.3) is 0 Å². The van der Waals surface area contributed by atoms with Crippen molar-refractivity contribution in [3.05, 3.63) is 96.8 Å². The van der Waals surface area contributed by atoms with Gasteiger partial charge in [-0.3, -0.25) is 4.98 Å². The molecule has 5 nitrogen and oxygen atoms in total. The number of aryl methyl sites for hydroxylation is 1. The summed E-state index contributed by atoms with van der Waals surface area (Å²) in [5, 5.41) is 4.45. The largest absolute Gasteiger partial charge is 0.497 e. The van der Waals surface area contributed by atoms with Gasteiger partial charge in [-0.05, 0) is 72.1 Å². The third-order valence-corrected chi connectivity index (χ3v) is 5.30. The zero-order valence-corrected chi connectivity index (χ0v) is 17.9. The molecule has 0 unspecified atom stereocenters. The highest BCUT2D eigenvalue weighted by Crippen LogP contribution is 2.32. The molecule has 2 aromatic heterocycles. The number of pyridine rings is 1. The van der Waals surface area contributed by atoms with E-state index in [1.165, 1.54) is 5.56 Å². The maximum atomic E-state index is 5.40. The molecular formula is C27H22N4O. The van der Waals surface area contributed by atoms with Crippen molar-refractivity contribution in [2.75, 3.05) is 12.4 Å². The zero-order chi connectivity index (χ0) is 21.9. The average Bonchev–Trinajstić information content (AvgIpc) is 2.84. The quantitative estimate of drug-likeness (QED) is 0.357. The first-order valence-electron chi connectivity index (χ1n) is 10.4. The predicted octanol–water partition coefficient (Wildman–Crippen LogP) is 6.42. The van der Waals surface area contributed by atoms with E-state index in [2.05, 4.69) is 47.6 Å². The second-order valence-electron chi connectivity index (χ2n) is 7.60. The Morgan fingerprint density at radius 1 is 0.781 bits per heavy atom. The van der Waals surface area contributed by atoms with E-state index in [1.807, 2.05) is 48.5 Å². The van der Waals surface area contributed by atoms with Gasteiger partial charge >= 0.3 is 0 Å². The Bertz CT molecular complexity index is 1400. The van der Waals surface area contributed by atoms with E-state index in [1.54, 1.807) is 19.5 Å². The van der Waals surface area contributed by atoms with Crippen LogP contribution in [0.1, 0.15) is 5.56 Å². The smallest absolute Gasteiger partial charge is 0.163 e. The van der Waals surface area contributed by atoms with Crippen molar-refractivity contribution >= 4 is 22.4 Å². The van der Waals surface area contributed by atoms with Crippen molar-refractivity contribution in [1.29, 1.82) is 0 Å². The van der Waals surface area contributed by atoms with Crippen molar-refractivity contribution < 1.29 is 4.74 Å². The van der Waals surface area contributed by atoms with Gasteiger partial charge in [-0.25, -0.2) is 9.97 Å². The van der Waals surface area contributed by atoms with Crippen molar-refractivity contribution in [1.82, 2.24) is 15.0 Å². The number of benzene rings is 3. The summed E-state index contributed by atoms with van der Waals surface area (Å²) in [7, 11) is 1.68. The number of fused-ring (bicyclic) bond motifs is 1. The molecule has 3 aromatic carbocycles. The van der Waals surface area contributed by atoms with Crippen LogP contribution in [0.15, 0.2) is 91.3 Å². The van der Waals surface area contributed by atoms with Crippen LogP contribution in [-0.2, 0) is 0 Å². The maximum Gasteiger partial charge on any atom is 0.163 e. The monoisotopic (exact) mass is 418 g/mol. The fraction of sp³-hybridized carbons (Fsp3) is 0.0741. The number of ether oxygens (including phenoxy) is 1. The standard InChI is InChI=1S/C27H22N4O/c1-18-6-3-9-22(14-18)29-27-24-16-20(19-7-4-10-23(15-19)32-2)11-12-25(24)30-26(31-27)21-8-5-13-28-17-21/h3-17H,1-2H3,(H,29,30,31). The molecule has 0 saturated heterocycles. The fourth-order valence-electron chi connectivity index (χ4n) is 3.69. The van der Waals surface area contributed by atoms with Crippen LogP contribution in [0.3, 0.4) is 0 Å². The number of anilines is 2. The Morgan fingerprint density at radius 2 is 1.62 bits per heavy atom. The molecule has 1 N–H and O–H groups in total. The first kappa shape index (κ1) is 19.7. The first-order chi connectivity index (χ1) is 15.7. The van der Waals surface area contributed by atoms with E-state index in [0.717, 1.165) is 44.8 Å². The lowest BCUT2D eigenvalue weighted by atomic mass is 10.0. The molecule has 32 heavy (non-hydrogen) atoms. The van der Waals surface area contributed by atoms with Gasteiger partial charge in [0.05, 0.1) is 12.6 Å². The number of hydrogen-bond donors (Lipinski definition) is 1. The summed E-state index contributed by atoms with van der Waals surface area (Å²) in [6.45, 7) is 2.07. The third-order valence-electron chi connectivity index (χ3n) is 5.30. The van der Waals surface area contributed by atoms with Crippen molar-refractivity contribution in [3.8, 4) is 28.3 Å². The van der Waals surface area contributed by atoms with E-state index in [9.17, 15) is 0 Å². The van der Waals surface area contributed by atoms with Gasteiger partial charge in [-0.2, -0.15) is 0 Å². The van der Waals surface area contributed by atoms with Gasteiger partial charge in [0.1, 0.15) is 11.6 Å². The molecule has 0 bridgehead atoms. The summed E-state index contributed by atoms with van der Waals surface area (Å²) in [5.41, 5.74) is 6.04. The van der Waals surface area contributed by atoms with Gasteiger partial charge < -0.3 is 10.1 Å². The van der Waals surface area contributed by atoms with Crippen LogP contribution in [-0.4, -0.2) is 22.1 Å². The molecule has 2 heterocycles. The van der Waals surface area contributed by atoms with E-state index < -0.39 is 0 Å². The van der Waals surface area contributed by atoms with Crippen LogP contribution >= 0.6 is 0 Å². The molecule has 5 aromatic rings. The van der Waals surface area contributed by atoms with E-state index in [-0.39, 0.29) is 0 Å². The molecule has 0 aliphatic heterocycles. The molecule has 0 aliphatic rings. The molecule has 0 saturated carbocycles. The summed E-state index contributed by atoms with van der Waals surface area (Å²) in [5.74, 6) is 2.21. The minimum absolute atomic E-state index is 0.634. The number of nitrogens with zero attached hydrogens (tertiary/aromatic N) is 3. The van der Waals surface area contributed by atoms with E-state index in [4.69, 9.17) is 14.7 Å². The summed E-state index contributed by atoms with van der Waals surface area (Å²) in [4.78, 5) is 13.9. The molecule has 5 heteroatoms. The van der Waals surface area contributed by atoms with Crippen molar-refractivity contribution in [2.45, 2.75) is 6.92 Å². The number of methoxy groups -OCH3 is 1.